The normalized spacial score (nSPS) is 16.3. The molecule has 3 aromatic rings. The number of pyridine rings is 1. The fourth-order valence-electron chi connectivity index (χ4n) is 4.89. The molecule has 2 amide bonds. The van der Waals surface area contributed by atoms with Gasteiger partial charge < -0.3 is 19.0 Å². The molecule has 2 aliphatic heterocycles. The second-order valence-electron chi connectivity index (χ2n) is 9.47. The van der Waals surface area contributed by atoms with Crippen LogP contribution in [0.15, 0.2) is 47.1 Å². The maximum absolute atomic E-state index is 13.4. The standard InChI is InChI=1S/C27H30N4O5/c1-18(2)31-10-9-22-20(16-31)25(19-6-3-4-7-21(19)28-22)27(34)36-17-24(32)29-11-13-30(14-12-29)26(33)23-8-5-15-35-23/h3-8,15,18H,9-14,16-17H2,1-2H3. The average molecular weight is 491 g/mol. The number of furan rings is 1. The predicted molar refractivity (Wildman–Crippen MR) is 132 cm³/mol. The van der Waals surface area contributed by atoms with Crippen molar-refractivity contribution in [2.45, 2.75) is 32.9 Å². The lowest BCUT2D eigenvalue weighted by molar-refractivity contribution is -0.136. The van der Waals surface area contributed by atoms with Gasteiger partial charge in [0.2, 0.25) is 0 Å². The van der Waals surface area contributed by atoms with Crippen LogP contribution in [0.3, 0.4) is 0 Å². The quantitative estimate of drug-likeness (QED) is 0.508. The molecule has 0 aliphatic carbocycles. The molecule has 0 radical (unpaired) electrons. The summed E-state index contributed by atoms with van der Waals surface area (Å²) in [6, 6.07) is 11.2. The minimum absolute atomic E-state index is 0.191. The summed E-state index contributed by atoms with van der Waals surface area (Å²) in [5, 5.41) is 0.740. The zero-order valence-electron chi connectivity index (χ0n) is 20.6. The molecule has 0 atom stereocenters. The molecule has 9 nitrogen and oxygen atoms in total. The topological polar surface area (TPSA) is 96.2 Å². The molecule has 0 spiro atoms. The molecule has 1 aromatic carbocycles. The van der Waals surface area contributed by atoms with Crippen molar-refractivity contribution < 1.29 is 23.5 Å². The molecule has 2 aliphatic rings. The van der Waals surface area contributed by atoms with Crippen molar-refractivity contribution >= 4 is 28.7 Å². The van der Waals surface area contributed by atoms with E-state index in [4.69, 9.17) is 14.1 Å². The van der Waals surface area contributed by atoms with Gasteiger partial charge in [0.15, 0.2) is 12.4 Å². The van der Waals surface area contributed by atoms with Crippen molar-refractivity contribution in [1.29, 1.82) is 0 Å². The van der Waals surface area contributed by atoms with Gasteiger partial charge in [-0.25, -0.2) is 4.79 Å². The molecular weight excluding hydrogens is 460 g/mol. The van der Waals surface area contributed by atoms with Crippen LogP contribution in [0.1, 0.15) is 46.0 Å². The van der Waals surface area contributed by atoms with Crippen LogP contribution < -0.4 is 0 Å². The molecular formula is C27H30N4O5. The number of para-hydroxylation sites is 1. The van der Waals surface area contributed by atoms with Gasteiger partial charge in [-0.1, -0.05) is 18.2 Å². The Morgan fingerprint density at radius 2 is 1.75 bits per heavy atom. The van der Waals surface area contributed by atoms with Crippen LogP contribution in [0.25, 0.3) is 10.9 Å². The van der Waals surface area contributed by atoms with Gasteiger partial charge in [-0.3, -0.25) is 19.5 Å². The van der Waals surface area contributed by atoms with Crippen molar-refractivity contribution in [3.8, 4) is 0 Å². The fraction of sp³-hybridized carbons (Fsp3) is 0.407. The lowest BCUT2D eigenvalue weighted by atomic mass is 9.95. The van der Waals surface area contributed by atoms with Crippen LogP contribution in [0.5, 0.6) is 0 Å². The molecule has 0 N–H and O–H groups in total. The van der Waals surface area contributed by atoms with Crippen LogP contribution in [-0.2, 0) is 22.5 Å². The van der Waals surface area contributed by atoms with Crippen molar-refractivity contribution in [2.75, 3.05) is 39.3 Å². The summed E-state index contributed by atoms with van der Waals surface area (Å²) < 4.78 is 10.8. The Labute approximate surface area is 209 Å². The predicted octanol–water partition coefficient (Wildman–Crippen LogP) is 2.74. The van der Waals surface area contributed by atoms with E-state index in [1.165, 1.54) is 6.26 Å². The van der Waals surface area contributed by atoms with Gasteiger partial charge in [0.25, 0.3) is 11.8 Å². The monoisotopic (exact) mass is 490 g/mol. The Morgan fingerprint density at radius 1 is 1.00 bits per heavy atom. The highest BCUT2D eigenvalue weighted by atomic mass is 16.5. The molecule has 0 unspecified atom stereocenters. The van der Waals surface area contributed by atoms with Crippen LogP contribution in [0.2, 0.25) is 0 Å². The van der Waals surface area contributed by atoms with E-state index < -0.39 is 5.97 Å². The summed E-state index contributed by atoms with van der Waals surface area (Å²) in [5.41, 5.74) is 3.06. The summed E-state index contributed by atoms with van der Waals surface area (Å²) >= 11 is 0. The second-order valence-corrected chi connectivity index (χ2v) is 9.47. The Kier molecular flexibility index (Phi) is 6.73. The molecule has 36 heavy (non-hydrogen) atoms. The Morgan fingerprint density at radius 3 is 2.47 bits per heavy atom. The smallest absolute Gasteiger partial charge is 0.339 e. The molecule has 1 fully saturated rings. The third kappa shape index (κ3) is 4.70. The SMILES string of the molecule is CC(C)N1CCc2nc3ccccc3c(C(=O)OCC(=O)N3CCN(C(=O)c4ccco4)CC3)c2C1. The third-order valence-corrected chi connectivity index (χ3v) is 6.99. The number of hydrogen-bond donors (Lipinski definition) is 0. The number of fused-ring (bicyclic) bond motifs is 2. The fourth-order valence-corrected chi connectivity index (χ4v) is 4.89. The number of benzene rings is 1. The lowest BCUT2D eigenvalue weighted by Crippen LogP contribution is -2.51. The van der Waals surface area contributed by atoms with E-state index in [1.807, 2.05) is 24.3 Å². The van der Waals surface area contributed by atoms with Gasteiger partial charge in [-0.05, 0) is 32.0 Å². The number of nitrogens with zero attached hydrogens (tertiary/aromatic N) is 4. The number of esters is 1. The van der Waals surface area contributed by atoms with E-state index in [-0.39, 0.29) is 24.2 Å². The Hall–Kier alpha value is -3.72. The summed E-state index contributed by atoms with van der Waals surface area (Å²) in [4.78, 5) is 49.1. The van der Waals surface area contributed by atoms with Gasteiger partial charge in [-0.2, -0.15) is 0 Å². The number of hydrogen-bond acceptors (Lipinski definition) is 7. The minimum Gasteiger partial charge on any atom is -0.459 e. The number of carbonyl (C=O) groups is 3. The number of amides is 2. The lowest BCUT2D eigenvalue weighted by Gasteiger charge is -2.34. The van der Waals surface area contributed by atoms with E-state index in [9.17, 15) is 14.4 Å². The largest absolute Gasteiger partial charge is 0.459 e. The highest BCUT2D eigenvalue weighted by molar-refractivity contribution is 6.05. The summed E-state index contributed by atoms with van der Waals surface area (Å²) in [7, 11) is 0. The first-order chi connectivity index (χ1) is 17.4. The van der Waals surface area contributed by atoms with E-state index in [0.29, 0.717) is 44.3 Å². The number of rotatable bonds is 5. The van der Waals surface area contributed by atoms with Gasteiger partial charge in [0.05, 0.1) is 17.3 Å². The number of carbonyl (C=O) groups excluding carboxylic acids is 3. The maximum Gasteiger partial charge on any atom is 0.339 e. The van der Waals surface area contributed by atoms with Crippen LogP contribution in [0, 0.1) is 0 Å². The summed E-state index contributed by atoms with van der Waals surface area (Å²) in [5.74, 6) is -0.684. The van der Waals surface area contributed by atoms with E-state index in [1.54, 1.807) is 21.9 Å². The zero-order valence-corrected chi connectivity index (χ0v) is 20.6. The highest BCUT2D eigenvalue weighted by Crippen LogP contribution is 2.29. The van der Waals surface area contributed by atoms with Crippen molar-refractivity contribution in [3.05, 3.63) is 65.2 Å². The maximum atomic E-state index is 13.4. The van der Waals surface area contributed by atoms with Crippen molar-refractivity contribution in [2.24, 2.45) is 0 Å². The van der Waals surface area contributed by atoms with Gasteiger partial charge in [0.1, 0.15) is 0 Å². The zero-order chi connectivity index (χ0) is 25.2. The molecule has 0 bridgehead atoms. The van der Waals surface area contributed by atoms with Crippen LogP contribution >= 0.6 is 0 Å². The molecule has 4 heterocycles. The number of aromatic nitrogens is 1. The van der Waals surface area contributed by atoms with E-state index >= 15 is 0 Å². The van der Waals surface area contributed by atoms with Crippen LogP contribution in [0.4, 0.5) is 0 Å². The Balaban J connectivity index is 1.27. The first-order valence-corrected chi connectivity index (χ1v) is 12.3. The molecule has 1 saturated heterocycles. The first-order valence-electron chi connectivity index (χ1n) is 12.3. The average Bonchev–Trinajstić information content (AvgIpc) is 3.44. The molecule has 5 rings (SSSR count). The molecule has 9 heteroatoms. The van der Waals surface area contributed by atoms with Gasteiger partial charge in [0, 0.05) is 68.4 Å². The van der Waals surface area contributed by atoms with Gasteiger partial charge >= 0.3 is 5.97 Å². The molecule has 0 saturated carbocycles. The minimum atomic E-state index is -0.504. The number of ether oxygens (including phenoxy) is 1. The first kappa shape index (κ1) is 24.0. The second kappa shape index (κ2) is 10.1. The van der Waals surface area contributed by atoms with E-state index in [2.05, 4.69) is 18.7 Å². The molecule has 2 aromatic heterocycles. The van der Waals surface area contributed by atoms with Crippen molar-refractivity contribution in [3.63, 3.8) is 0 Å². The highest BCUT2D eigenvalue weighted by Gasteiger charge is 2.29. The number of piperazine rings is 1. The summed E-state index contributed by atoms with van der Waals surface area (Å²) in [6.45, 7) is 6.98. The van der Waals surface area contributed by atoms with E-state index in [0.717, 1.165) is 35.1 Å². The third-order valence-electron chi connectivity index (χ3n) is 6.99. The van der Waals surface area contributed by atoms with Crippen molar-refractivity contribution in [1.82, 2.24) is 19.7 Å². The van der Waals surface area contributed by atoms with Gasteiger partial charge in [-0.15, -0.1) is 0 Å². The molecule has 188 valence electrons. The summed E-state index contributed by atoms with van der Waals surface area (Å²) in [6.07, 6.45) is 2.23. The Bertz CT molecular complexity index is 1280. The van der Waals surface area contributed by atoms with Crippen LogP contribution in [-0.4, -0.2) is 82.8 Å².